The van der Waals surface area contributed by atoms with E-state index in [1.54, 1.807) is 30.3 Å². The van der Waals surface area contributed by atoms with E-state index >= 15 is 0 Å². The van der Waals surface area contributed by atoms with E-state index in [9.17, 15) is 39.3 Å². The standard InChI is InChI=1S/C28H32N6O8/c29-20(10-16-4-2-1-3-5-16)25(38)32-22(13-24(36)37)27(40)33-21(12-18-14-30-15-31-18)26(39)34-23(28(41)42)11-17-6-8-19(35)9-7-17/h1-9,14-15,20-23,35H,10-13,29H2,(H,30,31)(H,32,38)(H,33,40)(H,34,39)(H,36,37)(H,41,42). The number of hydrogen-bond acceptors (Lipinski definition) is 8. The fourth-order valence-electron chi connectivity index (χ4n) is 4.06. The highest BCUT2D eigenvalue weighted by Gasteiger charge is 2.32. The molecular weight excluding hydrogens is 548 g/mol. The first-order chi connectivity index (χ1) is 20.0. The molecule has 222 valence electrons. The quantitative estimate of drug-likeness (QED) is 0.114. The topological polar surface area (TPSA) is 237 Å². The van der Waals surface area contributed by atoms with E-state index in [1.807, 2.05) is 0 Å². The molecule has 9 N–H and O–H groups in total. The Labute approximate surface area is 240 Å². The molecule has 0 aliphatic carbocycles. The first-order valence-corrected chi connectivity index (χ1v) is 12.9. The van der Waals surface area contributed by atoms with Crippen LogP contribution in [-0.2, 0) is 43.2 Å². The van der Waals surface area contributed by atoms with Crippen LogP contribution in [0.4, 0.5) is 0 Å². The van der Waals surface area contributed by atoms with E-state index in [2.05, 4.69) is 25.9 Å². The van der Waals surface area contributed by atoms with Gasteiger partial charge in [0.2, 0.25) is 17.7 Å². The summed E-state index contributed by atoms with van der Waals surface area (Å²) in [4.78, 5) is 69.3. The van der Waals surface area contributed by atoms with E-state index in [4.69, 9.17) is 5.73 Å². The number of nitrogens with two attached hydrogens (primary N) is 1. The number of carbonyl (C=O) groups excluding carboxylic acids is 3. The average molecular weight is 581 g/mol. The van der Waals surface area contributed by atoms with Crippen LogP contribution in [0.2, 0.25) is 0 Å². The molecule has 42 heavy (non-hydrogen) atoms. The molecular formula is C28H32N6O8. The van der Waals surface area contributed by atoms with Crippen LogP contribution in [0.25, 0.3) is 0 Å². The highest BCUT2D eigenvalue weighted by molar-refractivity contribution is 5.95. The lowest BCUT2D eigenvalue weighted by Gasteiger charge is -2.24. The number of nitrogens with one attached hydrogen (secondary N) is 4. The first kappa shape index (κ1) is 31.3. The van der Waals surface area contributed by atoms with Gasteiger partial charge in [-0.1, -0.05) is 42.5 Å². The molecule has 0 bridgehead atoms. The van der Waals surface area contributed by atoms with Gasteiger partial charge in [0.05, 0.1) is 18.8 Å². The van der Waals surface area contributed by atoms with Crippen molar-refractivity contribution in [3.63, 3.8) is 0 Å². The fourth-order valence-corrected chi connectivity index (χ4v) is 4.06. The van der Waals surface area contributed by atoms with Crippen LogP contribution in [0.5, 0.6) is 5.75 Å². The minimum atomic E-state index is -1.58. The first-order valence-electron chi connectivity index (χ1n) is 12.9. The summed E-state index contributed by atoms with van der Waals surface area (Å²) in [6.07, 6.45) is 1.81. The Balaban J connectivity index is 1.74. The van der Waals surface area contributed by atoms with Crippen molar-refractivity contribution in [2.24, 2.45) is 5.73 Å². The number of nitrogens with zero attached hydrogens (tertiary/aromatic N) is 1. The Morgan fingerprint density at radius 2 is 1.36 bits per heavy atom. The van der Waals surface area contributed by atoms with Gasteiger partial charge in [-0.25, -0.2) is 9.78 Å². The van der Waals surface area contributed by atoms with E-state index < -0.39 is 60.2 Å². The predicted octanol–water partition coefficient (Wildman–Crippen LogP) is -0.516. The number of aromatic amines is 1. The third-order valence-corrected chi connectivity index (χ3v) is 6.25. The smallest absolute Gasteiger partial charge is 0.326 e. The molecule has 1 heterocycles. The number of H-pyrrole nitrogens is 1. The Kier molecular flexibility index (Phi) is 11.1. The van der Waals surface area contributed by atoms with E-state index in [1.165, 1.54) is 36.8 Å². The maximum atomic E-state index is 13.3. The lowest BCUT2D eigenvalue weighted by molar-refractivity contribution is -0.143. The number of carboxylic acid groups (broad SMARTS) is 2. The van der Waals surface area contributed by atoms with Gasteiger partial charge in [-0.05, 0) is 29.7 Å². The molecule has 1 aromatic heterocycles. The molecule has 3 aromatic rings. The van der Waals surface area contributed by atoms with Crippen molar-refractivity contribution in [1.29, 1.82) is 0 Å². The van der Waals surface area contributed by atoms with Crippen molar-refractivity contribution in [3.05, 3.63) is 83.9 Å². The molecule has 0 aliphatic heterocycles. The van der Waals surface area contributed by atoms with Crippen molar-refractivity contribution in [1.82, 2.24) is 25.9 Å². The highest BCUT2D eigenvalue weighted by atomic mass is 16.4. The average Bonchev–Trinajstić information content (AvgIpc) is 3.46. The van der Waals surface area contributed by atoms with Crippen molar-refractivity contribution in [3.8, 4) is 5.75 Å². The predicted molar refractivity (Wildman–Crippen MR) is 148 cm³/mol. The number of rotatable bonds is 15. The van der Waals surface area contributed by atoms with Gasteiger partial charge in [-0.15, -0.1) is 0 Å². The van der Waals surface area contributed by atoms with Gasteiger partial charge in [0.25, 0.3) is 0 Å². The Hall–Kier alpha value is -5.24. The number of hydrogen-bond donors (Lipinski definition) is 8. The number of aromatic hydroxyl groups is 1. The molecule has 0 radical (unpaired) electrons. The number of aromatic nitrogens is 2. The lowest BCUT2D eigenvalue weighted by Crippen LogP contribution is -2.58. The van der Waals surface area contributed by atoms with Crippen LogP contribution in [-0.4, -0.2) is 79.1 Å². The van der Waals surface area contributed by atoms with Gasteiger partial charge in [0, 0.05) is 24.7 Å². The van der Waals surface area contributed by atoms with Crippen molar-refractivity contribution in [2.75, 3.05) is 0 Å². The van der Waals surface area contributed by atoms with Crippen molar-refractivity contribution < 1.29 is 39.3 Å². The van der Waals surface area contributed by atoms with Gasteiger partial charge in [0.1, 0.15) is 23.9 Å². The Morgan fingerprint density at radius 3 is 1.95 bits per heavy atom. The molecule has 4 atom stereocenters. The van der Waals surface area contributed by atoms with Gasteiger partial charge in [-0.2, -0.15) is 0 Å². The number of benzene rings is 2. The largest absolute Gasteiger partial charge is 0.508 e. The van der Waals surface area contributed by atoms with Crippen molar-refractivity contribution in [2.45, 2.75) is 49.9 Å². The second-order valence-corrected chi connectivity index (χ2v) is 9.57. The van der Waals surface area contributed by atoms with E-state index in [0.29, 0.717) is 11.3 Å². The fraction of sp³-hybridized carbons (Fsp3) is 0.286. The third kappa shape index (κ3) is 9.75. The number of aliphatic carboxylic acids is 2. The molecule has 0 saturated carbocycles. The van der Waals surface area contributed by atoms with Crippen LogP contribution in [0.3, 0.4) is 0 Å². The number of amides is 3. The summed E-state index contributed by atoms with van der Waals surface area (Å²) in [5, 5.41) is 35.7. The zero-order chi connectivity index (χ0) is 30.6. The maximum absolute atomic E-state index is 13.3. The summed E-state index contributed by atoms with van der Waals surface area (Å²) in [5.74, 6) is -5.36. The molecule has 0 fully saturated rings. The minimum absolute atomic E-state index is 0.0129. The number of phenols is 1. The van der Waals surface area contributed by atoms with Crippen molar-refractivity contribution >= 4 is 29.7 Å². The zero-order valence-corrected chi connectivity index (χ0v) is 22.4. The minimum Gasteiger partial charge on any atom is -0.508 e. The third-order valence-electron chi connectivity index (χ3n) is 6.25. The Morgan fingerprint density at radius 1 is 0.762 bits per heavy atom. The molecule has 14 nitrogen and oxygen atoms in total. The van der Waals surface area contributed by atoms with E-state index in [0.717, 1.165) is 5.56 Å². The zero-order valence-electron chi connectivity index (χ0n) is 22.4. The number of carbonyl (C=O) groups is 5. The van der Waals surface area contributed by atoms with Crippen LogP contribution >= 0.6 is 0 Å². The second-order valence-electron chi connectivity index (χ2n) is 9.57. The van der Waals surface area contributed by atoms with Crippen LogP contribution < -0.4 is 21.7 Å². The number of carboxylic acids is 2. The monoisotopic (exact) mass is 580 g/mol. The van der Waals surface area contributed by atoms with Gasteiger partial charge in [0.15, 0.2) is 0 Å². The van der Waals surface area contributed by atoms with E-state index in [-0.39, 0.29) is 25.0 Å². The van der Waals surface area contributed by atoms with Crippen LogP contribution in [0.1, 0.15) is 23.2 Å². The Bertz CT molecular complexity index is 1360. The molecule has 0 spiro atoms. The lowest BCUT2D eigenvalue weighted by atomic mass is 10.0. The number of imidazole rings is 1. The molecule has 14 heteroatoms. The van der Waals surface area contributed by atoms with Crippen LogP contribution in [0.15, 0.2) is 67.1 Å². The highest BCUT2D eigenvalue weighted by Crippen LogP contribution is 2.12. The SMILES string of the molecule is NC(Cc1ccccc1)C(=O)NC(CC(=O)O)C(=O)NC(Cc1cnc[nH]1)C(=O)NC(Cc1ccc(O)cc1)C(=O)O. The normalized spacial score (nSPS) is 13.6. The second kappa shape index (κ2) is 14.9. The summed E-state index contributed by atoms with van der Waals surface area (Å²) in [5.41, 5.74) is 7.69. The summed E-state index contributed by atoms with van der Waals surface area (Å²) < 4.78 is 0. The maximum Gasteiger partial charge on any atom is 0.326 e. The summed E-state index contributed by atoms with van der Waals surface area (Å²) >= 11 is 0. The van der Waals surface area contributed by atoms with Crippen LogP contribution in [0, 0.1) is 0 Å². The van der Waals surface area contributed by atoms with Gasteiger partial charge in [-0.3, -0.25) is 19.2 Å². The summed E-state index contributed by atoms with van der Waals surface area (Å²) in [6, 6.07) is 9.18. The van der Waals surface area contributed by atoms with Gasteiger partial charge < -0.3 is 42.0 Å². The molecule has 3 amide bonds. The molecule has 3 rings (SSSR count). The molecule has 2 aromatic carbocycles. The summed E-state index contributed by atoms with van der Waals surface area (Å²) in [7, 11) is 0. The molecule has 4 unspecified atom stereocenters. The molecule has 0 saturated heterocycles. The molecule has 0 aliphatic rings. The van der Waals surface area contributed by atoms with Gasteiger partial charge >= 0.3 is 11.9 Å². The number of phenolic OH excluding ortho intramolecular Hbond substituents is 1. The summed E-state index contributed by atoms with van der Waals surface area (Å²) in [6.45, 7) is 0.